The van der Waals surface area contributed by atoms with Crippen LogP contribution in [0.15, 0.2) is 0 Å². The Morgan fingerprint density at radius 1 is 1.06 bits per heavy atom. The van der Waals surface area contributed by atoms with Crippen molar-refractivity contribution in [2.45, 2.75) is 37.4 Å². The molecule has 0 amide bonds. The second-order valence-electron chi connectivity index (χ2n) is 3.07. The third-order valence-electron chi connectivity index (χ3n) is 2.17. The van der Waals surface area contributed by atoms with Gasteiger partial charge in [0, 0.05) is 182 Å². The van der Waals surface area contributed by atoms with Crippen molar-refractivity contribution in [1.29, 1.82) is 0 Å². The summed E-state index contributed by atoms with van der Waals surface area (Å²) in [6.07, 6.45) is -3.52. The summed E-state index contributed by atoms with van der Waals surface area (Å²) >= 11 is 0. The Morgan fingerprint density at radius 2 is 1.50 bits per heavy atom. The van der Waals surface area contributed by atoms with E-state index in [4.69, 9.17) is 15.6 Å². The Kier molecular flexibility index (Phi) is 28.6. The number of ether oxygens (including phenoxy) is 1. The van der Waals surface area contributed by atoms with Crippen LogP contribution in [0.4, 0.5) is 0 Å². The van der Waals surface area contributed by atoms with Gasteiger partial charge in [0.25, 0.3) is 0 Å². The van der Waals surface area contributed by atoms with E-state index in [1.54, 1.807) is 6.92 Å². The van der Waals surface area contributed by atoms with Crippen LogP contribution < -0.4 is 0 Å². The topological polar surface area (TPSA) is 93.7 Å². The summed E-state index contributed by atoms with van der Waals surface area (Å²) in [7, 11) is 0. The van der Waals surface area contributed by atoms with Crippen LogP contribution in [0.5, 0.6) is 0 Å². The van der Waals surface area contributed by atoms with Gasteiger partial charge in [-0.3, -0.25) is 0 Å². The molecule has 0 aromatic carbocycles. The summed E-state index contributed by atoms with van der Waals surface area (Å²) in [5.74, 6) is 0. The number of nitrogens with one attached hydrogen (secondary N) is 1. The molecule has 0 spiro atoms. The monoisotopic (exact) mass is 1080 g/mol. The Labute approximate surface area is 239 Å². The van der Waals surface area contributed by atoms with E-state index in [0.717, 1.165) is 0 Å². The zero-order chi connectivity index (χ0) is 9.30. The summed E-state index contributed by atoms with van der Waals surface area (Å²) in [6.45, 7) is 1.30. The molecule has 4 radical (unpaired) electrons. The molecule has 0 aromatic heterocycles. The van der Waals surface area contributed by atoms with Gasteiger partial charge < -0.3 is 25.8 Å². The van der Waals surface area contributed by atoms with Crippen molar-refractivity contribution in [3.05, 3.63) is 5.73 Å². The second-order valence-corrected chi connectivity index (χ2v) is 3.07. The van der Waals surface area contributed by atoms with Crippen LogP contribution in [0.2, 0.25) is 0 Å². The Bertz CT molecular complexity index is 163. The van der Waals surface area contributed by atoms with E-state index < -0.39 is 30.5 Å². The third kappa shape index (κ3) is 8.88. The molecule has 84 valence electrons. The molecule has 9 heteroatoms. The van der Waals surface area contributed by atoms with Crippen LogP contribution in [0.3, 0.4) is 0 Å². The van der Waals surface area contributed by atoms with Gasteiger partial charge in [-0.1, -0.05) is 6.04 Å². The average Bonchev–Trinajstić information content (AvgIpc) is 2.08. The molecule has 16 heavy (non-hydrogen) atoms. The molecule has 0 saturated carbocycles. The summed E-state index contributed by atoms with van der Waals surface area (Å²) in [4.78, 5) is 0. The van der Waals surface area contributed by atoms with Crippen molar-refractivity contribution < 1.29 is 196 Å². The van der Waals surface area contributed by atoms with Gasteiger partial charge in [0.15, 0.2) is 0 Å². The number of hydrogen-bond acceptors (Lipinski definition) is 4. The molecule has 1 aliphatic heterocycles. The molecule has 1 aliphatic rings. The van der Waals surface area contributed by atoms with Crippen molar-refractivity contribution >= 4 is 0 Å². The minimum Gasteiger partial charge on any atom is -0.670 e. The van der Waals surface area contributed by atoms with Crippen LogP contribution in [0.25, 0.3) is 5.73 Å². The number of aliphatic hydroxyl groups is 3. The maximum Gasteiger partial charge on any atom is 0.109 e. The summed E-state index contributed by atoms with van der Waals surface area (Å²) in [6, 6.07) is -0.845. The Balaban J connectivity index is -0.000000180. The second kappa shape index (κ2) is 15.5. The number of hydrogen-bond donors (Lipinski definition) is 3. The quantitative estimate of drug-likeness (QED) is 0.312. The molecular weight excluding hydrogens is 1070 g/mol. The first kappa shape index (κ1) is 29.6. The van der Waals surface area contributed by atoms with Gasteiger partial charge in [0.05, 0.1) is 12.7 Å². The smallest absolute Gasteiger partial charge is 0.109 e. The predicted octanol–water partition coefficient (Wildman–Crippen LogP) is -1.09. The van der Waals surface area contributed by atoms with Crippen molar-refractivity contribution in [2.24, 2.45) is 0 Å². The van der Waals surface area contributed by atoms with E-state index in [1.165, 1.54) is 0 Å². The van der Waals surface area contributed by atoms with Crippen LogP contribution in [0, 0.1) is 176 Å². The van der Waals surface area contributed by atoms with Gasteiger partial charge in [0.2, 0.25) is 0 Å². The zero-order valence-corrected chi connectivity index (χ0v) is 28.1. The van der Waals surface area contributed by atoms with Gasteiger partial charge in [-0.15, -0.1) is 0 Å². The zero-order valence-electron chi connectivity index (χ0n) is 9.15. The van der Waals surface area contributed by atoms with Gasteiger partial charge >= 0.3 is 0 Å². The van der Waals surface area contributed by atoms with Crippen molar-refractivity contribution in [3.63, 3.8) is 0 Å². The van der Waals surface area contributed by atoms with E-state index in [-0.39, 0.29) is 183 Å². The minimum absolute atomic E-state index is 0. The molecule has 1 fully saturated rings. The number of aliphatic hydroxyl groups excluding tert-OH is 3. The van der Waals surface area contributed by atoms with Gasteiger partial charge in [0.1, 0.15) is 12.2 Å². The maximum absolute atomic E-state index is 9.29. The first-order chi connectivity index (χ1) is 5.57. The summed E-state index contributed by atoms with van der Waals surface area (Å²) in [5, 5.41) is 27.3. The average molecular weight is 1080 g/mol. The molecule has 1 heterocycles. The minimum atomic E-state index is -1.16. The van der Waals surface area contributed by atoms with Crippen molar-refractivity contribution in [3.8, 4) is 0 Å². The van der Waals surface area contributed by atoms with Gasteiger partial charge in [-0.05, 0) is 6.92 Å². The normalized spacial score (nSPS) is 36.9. The number of rotatable bonds is 1. The van der Waals surface area contributed by atoms with Crippen LogP contribution in [0.1, 0.15) is 6.92 Å². The van der Waals surface area contributed by atoms with E-state index in [9.17, 15) is 10.2 Å². The first-order valence-corrected chi connectivity index (χ1v) is 3.91. The fourth-order valence-electron chi connectivity index (χ4n) is 1.30. The van der Waals surface area contributed by atoms with Crippen LogP contribution >= 0.6 is 0 Å². The molecule has 0 bridgehead atoms. The van der Waals surface area contributed by atoms with Crippen molar-refractivity contribution in [1.82, 2.24) is 0 Å². The standard InChI is InChI=1S/C7H14NO4.4Ac/c1-3-5(8)7(11)6(10)4(2-9)12-3;;;;/h3-11H,2H2,1H3;;;;/q-1;;;;/t3-,4?,5?,6-,7?;;;;/m0..../s1. The first-order valence-electron chi connectivity index (χ1n) is 3.91. The fraction of sp³-hybridized carbons (Fsp3) is 1.00. The molecule has 4 N–H and O–H groups in total. The SMILES string of the molecule is C[C@@H]1OC(CO)[C@H](O)C(O)C1[NH-].[Ac].[Ac].[Ac].[Ac]. The Morgan fingerprint density at radius 3 is 1.88 bits per heavy atom. The van der Waals surface area contributed by atoms with E-state index in [0.29, 0.717) is 0 Å². The van der Waals surface area contributed by atoms with Crippen molar-refractivity contribution in [2.75, 3.05) is 6.61 Å². The molecule has 0 aliphatic carbocycles. The van der Waals surface area contributed by atoms with E-state index >= 15 is 0 Å². The van der Waals surface area contributed by atoms with Gasteiger partial charge in [-0.2, -0.15) is 0 Å². The predicted molar refractivity (Wildman–Crippen MR) is 41.5 cm³/mol. The molecule has 1 rings (SSSR count). The molecule has 1 saturated heterocycles. The van der Waals surface area contributed by atoms with Crippen LogP contribution in [-0.2, 0) is 4.74 Å². The van der Waals surface area contributed by atoms with Gasteiger partial charge in [-0.25, -0.2) is 0 Å². The maximum atomic E-state index is 9.29. The summed E-state index contributed by atoms with van der Waals surface area (Å²) < 4.78 is 5.08. The molecular formula is C7H14Ac4NO4-. The third-order valence-corrected chi connectivity index (χ3v) is 2.17. The Hall–Kier alpha value is 5.57. The largest absolute Gasteiger partial charge is 0.670 e. The fourth-order valence-corrected chi connectivity index (χ4v) is 1.30. The van der Waals surface area contributed by atoms with Crippen LogP contribution in [-0.4, -0.2) is 52.4 Å². The molecule has 3 unspecified atom stereocenters. The summed E-state index contributed by atoms with van der Waals surface area (Å²) in [5.41, 5.74) is 7.36. The molecule has 5 atom stereocenters. The van der Waals surface area contributed by atoms with E-state index in [2.05, 4.69) is 0 Å². The molecule has 5 nitrogen and oxygen atoms in total. The molecule has 0 aromatic rings. The van der Waals surface area contributed by atoms with E-state index in [1.807, 2.05) is 0 Å².